The number of hydrogen-bond acceptors (Lipinski definition) is 7. The third-order valence-corrected chi connectivity index (χ3v) is 5.24. The van der Waals surface area contributed by atoms with Gasteiger partial charge in [0.2, 0.25) is 0 Å². The molecule has 0 saturated heterocycles. The topological polar surface area (TPSA) is 109 Å². The zero-order valence-corrected chi connectivity index (χ0v) is 15.1. The minimum Gasteiger partial charge on any atom is -0.503 e. The first-order valence-corrected chi connectivity index (χ1v) is 9.08. The third-order valence-electron chi connectivity index (χ3n) is 3.98. The Hall–Kier alpha value is -2.09. The molecule has 7 nitrogen and oxygen atoms in total. The number of aromatic nitrogens is 1. The number of ketones is 1. The van der Waals surface area contributed by atoms with Gasteiger partial charge in [-0.1, -0.05) is 0 Å². The summed E-state index contributed by atoms with van der Waals surface area (Å²) in [6.45, 7) is 3.65. The molecule has 2 rings (SSSR count). The first-order valence-electron chi connectivity index (χ1n) is 8.10. The molecule has 1 aromatic heterocycles. The van der Waals surface area contributed by atoms with Crippen LogP contribution < -0.4 is 4.74 Å². The fourth-order valence-corrected chi connectivity index (χ4v) is 3.48. The number of aliphatic carboxylic acids is 1. The lowest BCUT2D eigenvalue weighted by Crippen LogP contribution is -2.31. The number of thioether (sulfide) groups is 1. The summed E-state index contributed by atoms with van der Waals surface area (Å²) in [6, 6.07) is 1.57. The van der Waals surface area contributed by atoms with Crippen LogP contribution in [-0.4, -0.2) is 49.9 Å². The molecule has 0 saturated carbocycles. The number of aromatic hydroxyl groups is 1. The molecule has 0 radical (unpaired) electrons. The molecule has 1 aromatic rings. The molecule has 1 aliphatic rings. The van der Waals surface area contributed by atoms with Gasteiger partial charge in [0.15, 0.2) is 17.3 Å². The standard InChI is InChI=1S/C17H22N2O5S/c1-11(20)17(2)10-25-16(19-17)14-15(23)12(7-8-18-14)24-9-5-3-4-6-13(21)22/h7-8,23H,3-6,9-10H2,1-2H3,(H,21,22)/t17-/m1/s1. The van der Waals surface area contributed by atoms with Crippen LogP contribution in [0.4, 0.5) is 0 Å². The average molecular weight is 366 g/mol. The van der Waals surface area contributed by atoms with Crippen LogP contribution >= 0.6 is 11.8 Å². The number of nitrogens with zero attached hydrogens (tertiary/aromatic N) is 2. The lowest BCUT2D eigenvalue weighted by molar-refractivity contribution is -0.137. The summed E-state index contributed by atoms with van der Waals surface area (Å²) in [7, 11) is 0. The summed E-state index contributed by atoms with van der Waals surface area (Å²) < 4.78 is 5.57. The highest BCUT2D eigenvalue weighted by Gasteiger charge is 2.37. The Labute approximate surface area is 150 Å². The molecule has 0 aliphatic carbocycles. The van der Waals surface area contributed by atoms with Gasteiger partial charge in [0.05, 0.1) is 6.61 Å². The molecule has 0 bridgehead atoms. The molecule has 0 unspecified atom stereocenters. The summed E-state index contributed by atoms with van der Waals surface area (Å²) in [5, 5.41) is 19.5. The van der Waals surface area contributed by atoms with E-state index in [1.807, 2.05) is 0 Å². The summed E-state index contributed by atoms with van der Waals surface area (Å²) in [6.07, 6.45) is 3.72. The fourth-order valence-electron chi connectivity index (χ4n) is 2.25. The lowest BCUT2D eigenvalue weighted by atomic mass is 10.0. The van der Waals surface area contributed by atoms with Crippen molar-refractivity contribution >= 4 is 28.6 Å². The van der Waals surface area contributed by atoms with Gasteiger partial charge in [0.1, 0.15) is 16.3 Å². The van der Waals surface area contributed by atoms with Crippen molar-refractivity contribution in [3.63, 3.8) is 0 Å². The number of aliphatic imine (C=N–C) groups is 1. The zero-order chi connectivity index (χ0) is 18.4. The summed E-state index contributed by atoms with van der Waals surface area (Å²) in [4.78, 5) is 30.7. The van der Waals surface area contributed by atoms with E-state index in [1.165, 1.54) is 24.9 Å². The van der Waals surface area contributed by atoms with Crippen LogP contribution in [-0.2, 0) is 9.59 Å². The second-order valence-electron chi connectivity index (χ2n) is 6.09. The molecule has 8 heteroatoms. The number of hydrogen-bond donors (Lipinski definition) is 2. The second-order valence-corrected chi connectivity index (χ2v) is 7.06. The first-order chi connectivity index (χ1) is 11.8. The molecule has 0 spiro atoms. The SMILES string of the molecule is CC(=O)[C@@]1(C)CSC(c2nccc(OCCCCCC(=O)O)c2O)=N1. The normalized spacial score (nSPS) is 19.5. The highest BCUT2D eigenvalue weighted by atomic mass is 32.2. The smallest absolute Gasteiger partial charge is 0.303 e. The van der Waals surface area contributed by atoms with E-state index in [-0.39, 0.29) is 18.0 Å². The maximum absolute atomic E-state index is 11.7. The molecule has 136 valence electrons. The summed E-state index contributed by atoms with van der Waals surface area (Å²) in [5.41, 5.74) is -0.465. The second kappa shape index (κ2) is 8.33. The minimum atomic E-state index is -0.801. The van der Waals surface area contributed by atoms with E-state index < -0.39 is 11.5 Å². The number of pyridine rings is 1. The van der Waals surface area contributed by atoms with Crippen LogP contribution in [0.25, 0.3) is 0 Å². The van der Waals surface area contributed by atoms with Gasteiger partial charge in [-0.05, 0) is 33.1 Å². The van der Waals surface area contributed by atoms with Gasteiger partial charge in [-0.15, -0.1) is 11.8 Å². The number of unbranched alkanes of at least 4 members (excludes halogenated alkanes) is 2. The number of ether oxygens (including phenoxy) is 1. The monoisotopic (exact) mass is 366 g/mol. The predicted octanol–water partition coefficient (Wildman–Crippen LogP) is 2.65. The highest BCUT2D eigenvalue weighted by molar-refractivity contribution is 8.14. The number of Topliss-reactive ketones (excluding diaryl/α,β-unsaturated/α-hetero) is 1. The van der Waals surface area contributed by atoms with Gasteiger partial charge in [-0.2, -0.15) is 0 Å². The summed E-state index contributed by atoms with van der Waals surface area (Å²) >= 11 is 1.39. The Bertz CT molecular complexity index is 692. The third kappa shape index (κ3) is 4.94. The van der Waals surface area contributed by atoms with Crippen molar-refractivity contribution in [2.75, 3.05) is 12.4 Å². The van der Waals surface area contributed by atoms with E-state index in [9.17, 15) is 14.7 Å². The average Bonchev–Trinajstić information content (AvgIpc) is 2.95. The van der Waals surface area contributed by atoms with Crippen LogP contribution in [0.3, 0.4) is 0 Å². The van der Waals surface area contributed by atoms with E-state index >= 15 is 0 Å². The van der Waals surface area contributed by atoms with Gasteiger partial charge in [-0.25, -0.2) is 4.98 Å². The number of carbonyl (C=O) groups is 2. The van der Waals surface area contributed by atoms with E-state index in [1.54, 1.807) is 13.0 Å². The maximum atomic E-state index is 11.7. The van der Waals surface area contributed by atoms with Crippen molar-refractivity contribution in [2.24, 2.45) is 4.99 Å². The van der Waals surface area contributed by atoms with Crippen molar-refractivity contribution in [3.05, 3.63) is 18.0 Å². The van der Waals surface area contributed by atoms with Gasteiger partial charge >= 0.3 is 5.97 Å². The molecule has 2 N–H and O–H groups in total. The molecule has 25 heavy (non-hydrogen) atoms. The van der Waals surface area contributed by atoms with Crippen LogP contribution in [0.1, 0.15) is 45.2 Å². The van der Waals surface area contributed by atoms with Crippen molar-refractivity contribution in [2.45, 2.75) is 45.1 Å². The number of carboxylic acids is 1. The molecular formula is C17H22N2O5S. The van der Waals surface area contributed by atoms with Crippen molar-refractivity contribution in [1.82, 2.24) is 4.98 Å². The van der Waals surface area contributed by atoms with E-state index in [0.717, 1.165) is 6.42 Å². The molecule has 2 heterocycles. The quantitative estimate of drug-likeness (QED) is 0.647. The first kappa shape index (κ1) is 19.2. The lowest BCUT2D eigenvalue weighted by Gasteiger charge is -2.14. The van der Waals surface area contributed by atoms with Gasteiger partial charge in [0, 0.05) is 24.4 Å². The highest BCUT2D eigenvalue weighted by Crippen LogP contribution is 2.36. The van der Waals surface area contributed by atoms with Crippen molar-refractivity contribution < 1.29 is 24.5 Å². The Morgan fingerprint density at radius 3 is 2.76 bits per heavy atom. The van der Waals surface area contributed by atoms with Crippen LogP contribution in [0.2, 0.25) is 0 Å². The van der Waals surface area contributed by atoms with E-state index in [2.05, 4.69) is 9.98 Å². The molecule has 0 fully saturated rings. The largest absolute Gasteiger partial charge is 0.503 e. The van der Waals surface area contributed by atoms with Gasteiger partial charge in [-0.3, -0.25) is 14.6 Å². The Morgan fingerprint density at radius 2 is 2.12 bits per heavy atom. The Balaban J connectivity index is 1.98. The van der Waals surface area contributed by atoms with Gasteiger partial charge in [0.25, 0.3) is 0 Å². The maximum Gasteiger partial charge on any atom is 0.303 e. The Kier molecular flexibility index (Phi) is 6.41. The Morgan fingerprint density at radius 1 is 1.36 bits per heavy atom. The molecule has 1 aliphatic heterocycles. The van der Waals surface area contributed by atoms with Crippen LogP contribution in [0.5, 0.6) is 11.5 Å². The minimum absolute atomic E-state index is 0.0248. The fraction of sp³-hybridized carbons (Fsp3) is 0.529. The predicted molar refractivity (Wildman–Crippen MR) is 95.6 cm³/mol. The molecule has 1 atom stereocenters. The van der Waals surface area contributed by atoms with E-state index in [0.29, 0.717) is 41.7 Å². The molecular weight excluding hydrogens is 344 g/mol. The summed E-state index contributed by atoms with van der Waals surface area (Å²) in [5.74, 6) is -0.0870. The number of rotatable bonds is 9. The number of carboxylic acid groups (broad SMARTS) is 1. The van der Waals surface area contributed by atoms with Crippen LogP contribution in [0.15, 0.2) is 17.3 Å². The van der Waals surface area contributed by atoms with Crippen molar-refractivity contribution in [1.29, 1.82) is 0 Å². The van der Waals surface area contributed by atoms with E-state index in [4.69, 9.17) is 9.84 Å². The molecule has 0 amide bonds. The zero-order valence-electron chi connectivity index (χ0n) is 14.3. The molecule has 0 aromatic carbocycles. The number of carbonyl (C=O) groups excluding carboxylic acids is 1. The van der Waals surface area contributed by atoms with Gasteiger partial charge < -0.3 is 14.9 Å². The van der Waals surface area contributed by atoms with Crippen LogP contribution in [0, 0.1) is 0 Å². The van der Waals surface area contributed by atoms with Crippen molar-refractivity contribution in [3.8, 4) is 11.5 Å².